The van der Waals surface area contributed by atoms with Crippen LogP contribution in [0.3, 0.4) is 0 Å². The molecule has 2 aromatic rings. The van der Waals surface area contributed by atoms with E-state index >= 15 is 0 Å². The third-order valence-electron chi connectivity index (χ3n) is 1.57. The largest absolute Gasteiger partial charge is 0.307 e. The summed E-state index contributed by atoms with van der Waals surface area (Å²) in [5.74, 6) is 6.38. The van der Waals surface area contributed by atoms with Gasteiger partial charge >= 0.3 is 0 Å². The first kappa shape index (κ1) is 7.69. The molecule has 0 aliphatic carbocycles. The summed E-state index contributed by atoms with van der Waals surface area (Å²) in [6, 6.07) is 3.53. The summed E-state index contributed by atoms with van der Waals surface area (Å²) >= 11 is 0. The molecular formula is C7H8N6. The first-order valence-corrected chi connectivity index (χ1v) is 3.69. The second kappa shape index (κ2) is 3.20. The summed E-state index contributed by atoms with van der Waals surface area (Å²) in [4.78, 5) is 3.90. The van der Waals surface area contributed by atoms with E-state index in [4.69, 9.17) is 5.84 Å². The van der Waals surface area contributed by atoms with Crippen molar-refractivity contribution in [2.24, 2.45) is 5.84 Å². The molecule has 0 spiro atoms. The molecule has 6 nitrogen and oxygen atoms in total. The van der Waals surface area contributed by atoms with Gasteiger partial charge in [0, 0.05) is 12.4 Å². The molecule has 0 aromatic carbocycles. The number of hydrazine groups is 1. The zero-order valence-electron chi connectivity index (χ0n) is 6.75. The van der Waals surface area contributed by atoms with Crippen LogP contribution >= 0.6 is 0 Å². The van der Waals surface area contributed by atoms with Crippen LogP contribution in [-0.2, 0) is 0 Å². The lowest BCUT2D eigenvalue weighted by atomic mass is 10.5. The summed E-state index contributed by atoms with van der Waals surface area (Å²) in [5.41, 5.74) is 2.40. The average Bonchev–Trinajstić information content (AvgIpc) is 2.71. The quantitative estimate of drug-likeness (QED) is 0.495. The van der Waals surface area contributed by atoms with Gasteiger partial charge in [-0.1, -0.05) is 0 Å². The van der Waals surface area contributed by atoms with Crippen molar-refractivity contribution in [2.75, 3.05) is 5.43 Å². The highest BCUT2D eigenvalue weighted by molar-refractivity contribution is 5.34. The molecule has 0 fully saturated rings. The Labute approximate surface area is 74.4 Å². The van der Waals surface area contributed by atoms with Gasteiger partial charge in [0.05, 0.1) is 0 Å². The minimum Gasteiger partial charge on any atom is -0.307 e. The van der Waals surface area contributed by atoms with Crippen LogP contribution in [0.15, 0.2) is 30.9 Å². The number of anilines is 1. The summed E-state index contributed by atoms with van der Waals surface area (Å²) < 4.78 is 1.76. The molecule has 0 radical (unpaired) electrons. The van der Waals surface area contributed by atoms with E-state index in [1.807, 2.05) is 0 Å². The topological polar surface area (TPSA) is 81.6 Å². The van der Waals surface area contributed by atoms with Gasteiger partial charge in [0.15, 0.2) is 11.6 Å². The van der Waals surface area contributed by atoms with E-state index in [0.717, 1.165) is 0 Å². The van der Waals surface area contributed by atoms with Crippen LogP contribution in [0.4, 0.5) is 5.82 Å². The number of nitrogens with one attached hydrogen (secondary N) is 1. The molecule has 0 aliphatic heterocycles. The first-order chi connectivity index (χ1) is 6.40. The maximum Gasteiger partial charge on any atom is 0.162 e. The highest BCUT2D eigenvalue weighted by Crippen LogP contribution is 2.04. The van der Waals surface area contributed by atoms with Crippen LogP contribution in [0.2, 0.25) is 0 Å². The third-order valence-corrected chi connectivity index (χ3v) is 1.57. The Morgan fingerprint density at radius 2 is 2.23 bits per heavy atom. The van der Waals surface area contributed by atoms with Gasteiger partial charge in [0.25, 0.3) is 0 Å². The monoisotopic (exact) mass is 176 g/mol. The van der Waals surface area contributed by atoms with Crippen LogP contribution < -0.4 is 11.3 Å². The predicted octanol–water partition coefficient (Wildman–Crippen LogP) is -0.0521. The molecule has 0 aliphatic rings. The lowest BCUT2D eigenvalue weighted by molar-refractivity contribution is 0.911. The van der Waals surface area contributed by atoms with Crippen LogP contribution in [0.1, 0.15) is 0 Å². The molecule has 0 unspecified atom stereocenters. The Morgan fingerprint density at radius 3 is 2.77 bits per heavy atom. The third kappa shape index (κ3) is 1.47. The summed E-state index contributed by atoms with van der Waals surface area (Å²) in [7, 11) is 0. The number of aromatic nitrogens is 4. The first-order valence-electron chi connectivity index (χ1n) is 3.69. The van der Waals surface area contributed by atoms with Crippen LogP contribution in [0.5, 0.6) is 0 Å². The number of nitrogen functional groups attached to an aromatic ring is 1. The predicted molar refractivity (Wildman–Crippen MR) is 47.0 cm³/mol. The summed E-state index contributed by atoms with van der Waals surface area (Å²) in [5, 5.41) is 7.74. The van der Waals surface area contributed by atoms with E-state index in [9.17, 15) is 0 Å². The highest BCUT2D eigenvalue weighted by Gasteiger charge is 1.97. The number of rotatable bonds is 2. The fraction of sp³-hybridized carbons (Fsp3) is 0. The van der Waals surface area contributed by atoms with Crippen molar-refractivity contribution in [3.05, 3.63) is 30.9 Å². The van der Waals surface area contributed by atoms with E-state index in [2.05, 4.69) is 20.6 Å². The molecule has 0 saturated heterocycles. The molecule has 6 heteroatoms. The number of nitrogens with zero attached hydrogens (tertiary/aromatic N) is 4. The molecule has 2 aromatic heterocycles. The maximum absolute atomic E-state index is 5.15. The number of hydrogen-bond acceptors (Lipinski definition) is 5. The van der Waals surface area contributed by atoms with Crippen LogP contribution in [0.25, 0.3) is 5.82 Å². The zero-order valence-corrected chi connectivity index (χ0v) is 6.75. The van der Waals surface area contributed by atoms with Gasteiger partial charge in [-0.05, 0) is 12.1 Å². The van der Waals surface area contributed by atoms with E-state index in [1.54, 1.807) is 35.4 Å². The minimum atomic E-state index is 0.531. The average molecular weight is 176 g/mol. The van der Waals surface area contributed by atoms with E-state index in [1.165, 1.54) is 0 Å². The van der Waals surface area contributed by atoms with E-state index in [0.29, 0.717) is 11.6 Å². The van der Waals surface area contributed by atoms with Crippen molar-refractivity contribution in [1.82, 2.24) is 19.7 Å². The Bertz CT molecular complexity index is 364. The fourth-order valence-corrected chi connectivity index (χ4v) is 0.935. The van der Waals surface area contributed by atoms with Gasteiger partial charge in [-0.2, -0.15) is 0 Å². The van der Waals surface area contributed by atoms with Crippen molar-refractivity contribution in [3.63, 3.8) is 0 Å². The lowest BCUT2D eigenvalue weighted by Crippen LogP contribution is -2.09. The second-order valence-corrected chi connectivity index (χ2v) is 2.39. The van der Waals surface area contributed by atoms with E-state index < -0.39 is 0 Å². The SMILES string of the molecule is NNc1ccc(-n2ccnc2)nn1. The fourth-order valence-electron chi connectivity index (χ4n) is 0.935. The molecule has 0 amide bonds. The Hall–Kier alpha value is -1.95. The molecule has 2 heterocycles. The summed E-state index contributed by atoms with van der Waals surface area (Å²) in [6.45, 7) is 0. The molecule has 0 bridgehead atoms. The van der Waals surface area contributed by atoms with E-state index in [-0.39, 0.29) is 0 Å². The van der Waals surface area contributed by atoms with Crippen LogP contribution in [-0.4, -0.2) is 19.7 Å². The molecule has 13 heavy (non-hydrogen) atoms. The van der Waals surface area contributed by atoms with Gasteiger partial charge in [0.1, 0.15) is 6.33 Å². The van der Waals surface area contributed by atoms with Crippen LogP contribution in [0, 0.1) is 0 Å². The molecule has 66 valence electrons. The van der Waals surface area contributed by atoms with Gasteiger partial charge < -0.3 is 5.43 Å². The highest BCUT2D eigenvalue weighted by atomic mass is 15.3. The molecule has 2 rings (SSSR count). The van der Waals surface area contributed by atoms with Crippen molar-refractivity contribution >= 4 is 5.82 Å². The zero-order chi connectivity index (χ0) is 9.10. The Balaban J connectivity index is 2.33. The molecular weight excluding hydrogens is 168 g/mol. The van der Waals surface area contributed by atoms with Crippen molar-refractivity contribution in [2.45, 2.75) is 0 Å². The smallest absolute Gasteiger partial charge is 0.162 e. The lowest BCUT2D eigenvalue weighted by Gasteiger charge is -2.00. The van der Waals surface area contributed by atoms with Crippen molar-refractivity contribution in [1.29, 1.82) is 0 Å². The van der Waals surface area contributed by atoms with Crippen molar-refractivity contribution < 1.29 is 0 Å². The van der Waals surface area contributed by atoms with Gasteiger partial charge in [-0.15, -0.1) is 10.2 Å². The Morgan fingerprint density at radius 1 is 1.31 bits per heavy atom. The Kier molecular flexibility index (Phi) is 1.89. The van der Waals surface area contributed by atoms with Gasteiger partial charge in [-0.3, -0.25) is 4.57 Å². The summed E-state index contributed by atoms with van der Waals surface area (Å²) in [6.07, 6.45) is 5.12. The normalized spacial score (nSPS) is 9.92. The number of nitrogens with two attached hydrogens (primary N) is 1. The van der Waals surface area contributed by atoms with Crippen molar-refractivity contribution in [3.8, 4) is 5.82 Å². The molecule has 0 atom stereocenters. The standard InChI is InChI=1S/C7H8N6/c8-10-6-1-2-7(12-11-6)13-4-3-9-5-13/h1-5H,8H2,(H,10,11). The second-order valence-electron chi connectivity index (χ2n) is 2.39. The number of imidazole rings is 1. The maximum atomic E-state index is 5.15. The molecule has 0 saturated carbocycles. The number of hydrogen-bond donors (Lipinski definition) is 2. The molecule has 3 N–H and O–H groups in total. The minimum absolute atomic E-state index is 0.531. The van der Waals surface area contributed by atoms with Gasteiger partial charge in [0.2, 0.25) is 0 Å². The van der Waals surface area contributed by atoms with Gasteiger partial charge in [-0.25, -0.2) is 10.8 Å².